The Kier molecular flexibility index (Phi) is 8.24. The molecule has 8 aromatic carbocycles. The SMILES string of the molecule is c1ccc(C(=C(c2ccccc2)c2cccc(-c3cccc(N(c4ccccc4)c4cccc5c4oc4ccccc45)c3)c2)c2ccccc2)cc1. The molecule has 0 amide bonds. The minimum absolute atomic E-state index is 0.868. The molecule has 0 N–H and O–H groups in total. The molecule has 0 spiro atoms. The Morgan fingerprint density at radius 2 is 0.808 bits per heavy atom. The van der Waals surface area contributed by atoms with Crippen LogP contribution in [0.3, 0.4) is 0 Å². The highest BCUT2D eigenvalue weighted by atomic mass is 16.3. The lowest BCUT2D eigenvalue weighted by atomic mass is 9.85. The van der Waals surface area contributed by atoms with Crippen LogP contribution in [-0.2, 0) is 0 Å². The third-order valence-corrected chi connectivity index (χ3v) is 9.67. The van der Waals surface area contributed by atoms with Gasteiger partial charge in [0.05, 0.1) is 5.69 Å². The van der Waals surface area contributed by atoms with Crippen LogP contribution in [0.1, 0.15) is 22.3 Å². The minimum atomic E-state index is 0.868. The molecule has 0 saturated heterocycles. The summed E-state index contributed by atoms with van der Waals surface area (Å²) < 4.78 is 6.56. The predicted molar refractivity (Wildman–Crippen MR) is 218 cm³/mol. The summed E-state index contributed by atoms with van der Waals surface area (Å²) in [5.41, 5.74) is 14.2. The molecule has 1 heterocycles. The van der Waals surface area contributed by atoms with Crippen molar-refractivity contribution in [3.63, 3.8) is 0 Å². The summed E-state index contributed by atoms with van der Waals surface area (Å²) in [6.45, 7) is 0. The molecule has 9 aromatic rings. The number of para-hydroxylation sites is 3. The van der Waals surface area contributed by atoms with Gasteiger partial charge in [-0.2, -0.15) is 0 Å². The number of hydrogen-bond acceptors (Lipinski definition) is 2. The van der Waals surface area contributed by atoms with Crippen molar-refractivity contribution in [3.05, 3.63) is 235 Å². The van der Waals surface area contributed by atoms with Crippen LogP contribution in [0, 0.1) is 0 Å². The number of anilines is 3. The first kappa shape index (κ1) is 31.1. The van der Waals surface area contributed by atoms with Gasteiger partial charge in [0.1, 0.15) is 5.58 Å². The van der Waals surface area contributed by atoms with Crippen LogP contribution >= 0.6 is 0 Å². The third-order valence-electron chi connectivity index (χ3n) is 9.67. The second-order valence-corrected chi connectivity index (χ2v) is 12.9. The Balaban J connectivity index is 1.22. The zero-order valence-corrected chi connectivity index (χ0v) is 28.6. The second kappa shape index (κ2) is 13.8. The molecule has 9 rings (SSSR count). The summed E-state index contributed by atoms with van der Waals surface area (Å²) in [7, 11) is 0. The molecule has 0 aliphatic rings. The standard InChI is InChI=1S/C50H35NO/c1-5-18-36(19-6-1)48(37-20-7-2-8-21-37)49(38-22-9-3-10-23-38)41-26-15-24-39(34-41)40-25-16-29-43(35-40)51(42-27-11-4-12-28-42)46-32-17-31-45-44-30-13-14-33-47(44)52-50(45)46/h1-35H. The molecular formula is C50H35NO. The number of benzene rings is 8. The fraction of sp³-hybridized carbons (Fsp3) is 0. The van der Waals surface area contributed by atoms with Gasteiger partial charge in [0.15, 0.2) is 5.58 Å². The Bertz CT molecular complexity index is 2620. The maximum atomic E-state index is 6.56. The van der Waals surface area contributed by atoms with Gasteiger partial charge in [0.2, 0.25) is 0 Å². The van der Waals surface area contributed by atoms with Crippen LogP contribution in [0.5, 0.6) is 0 Å². The van der Waals surface area contributed by atoms with Gasteiger partial charge in [-0.05, 0) is 87.0 Å². The largest absolute Gasteiger partial charge is 0.454 e. The van der Waals surface area contributed by atoms with Crippen LogP contribution in [0.4, 0.5) is 17.1 Å². The van der Waals surface area contributed by atoms with Gasteiger partial charge < -0.3 is 9.32 Å². The Labute approximate surface area is 304 Å². The highest BCUT2D eigenvalue weighted by molar-refractivity contribution is 6.10. The van der Waals surface area contributed by atoms with Crippen molar-refractivity contribution >= 4 is 50.1 Å². The lowest BCUT2D eigenvalue weighted by molar-refractivity contribution is 0.669. The Morgan fingerprint density at radius 3 is 1.46 bits per heavy atom. The molecule has 0 unspecified atom stereocenters. The number of nitrogens with zero attached hydrogens (tertiary/aromatic N) is 1. The van der Waals surface area contributed by atoms with Crippen molar-refractivity contribution in [2.45, 2.75) is 0 Å². The summed E-state index contributed by atoms with van der Waals surface area (Å²) in [6.07, 6.45) is 0. The van der Waals surface area contributed by atoms with Gasteiger partial charge in [-0.3, -0.25) is 0 Å². The van der Waals surface area contributed by atoms with Crippen LogP contribution in [0.15, 0.2) is 217 Å². The monoisotopic (exact) mass is 665 g/mol. The Hall–Kier alpha value is -6.90. The van der Waals surface area contributed by atoms with E-state index in [1.54, 1.807) is 0 Å². The van der Waals surface area contributed by atoms with Crippen LogP contribution < -0.4 is 4.90 Å². The van der Waals surface area contributed by atoms with Gasteiger partial charge in [-0.25, -0.2) is 0 Å². The molecule has 0 aliphatic heterocycles. The maximum Gasteiger partial charge on any atom is 0.159 e. The van der Waals surface area contributed by atoms with E-state index in [2.05, 4.69) is 205 Å². The van der Waals surface area contributed by atoms with Gasteiger partial charge in [0.25, 0.3) is 0 Å². The van der Waals surface area contributed by atoms with E-state index in [4.69, 9.17) is 4.42 Å². The second-order valence-electron chi connectivity index (χ2n) is 12.9. The van der Waals surface area contributed by atoms with Crippen molar-refractivity contribution in [3.8, 4) is 11.1 Å². The molecule has 2 heteroatoms. The first-order chi connectivity index (χ1) is 25.8. The van der Waals surface area contributed by atoms with Gasteiger partial charge in [-0.1, -0.05) is 170 Å². The average molecular weight is 666 g/mol. The summed E-state index contributed by atoms with van der Waals surface area (Å²) in [5, 5.41) is 2.22. The summed E-state index contributed by atoms with van der Waals surface area (Å²) >= 11 is 0. The molecule has 0 atom stereocenters. The molecule has 0 fully saturated rings. The minimum Gasteiger partial charge on any atom is -0.454 e. The van der Waals surface area contributed by atoms with E-state index in [1.165, 1.54) is 27.8 Å². The number of fused-ring (bicyclic) bond motifs is 3. The summed E-state index contributed by atoms with van der Waals surface area (Å²) in [6, 6.07) is 75.2. The van der Waals surface area contributed by atoms with E-state index in [1.807, 2.05) is 12.1 Å². The van der Waals surface area contributed by atoms with Gasteiger partial charge >= 0.3 is 0 Å². The van der Waals surface area contributed by atoms with E-state index >= 15 is 0 Å². The molecule has 1 aromatic heterocycles. The molecule has 0 radical (unpaired) electrons. The highest BCUT2D eigenvalue weighted by Gasteiger charge is 2.20. The third kappa shape index (κ3) is 5.87. The van der Waals surface area contributed by atoms with Crippen molar-refractivity contribution in [2.24, 2.45) is 0 Å². The number of furan rings is 1. The number of rotatable bonds is 8. The molecule has 2 nitrogen and oxygen atoms in total. The first-order valence-electron chi connectivity index (χ1n) is 17.7. The topological polar surface area (TPSA) is 16.4 Å². The summed E-state index contributed by atoms with van der Waals surface area (Å²) in [4.78, 5) is 2.30. The normalized spacial score (nSPS) is 11.1. The smallest absolute Gasteiger partial charge is 0.159 e. The molecular weight excluding hydrogens is 631 g/mol. The maximum absolute atomic E-state index is 6.56. The lowest BCUT2D eigenvalue weighted by Crippen LogP contribution is -2.10. The van der Waals surface area contributed by atoms with Crippen LogP contribution in [0.2, 0.25) is 0 Å². The van der Waals surface area contributed by atoms with E-state index in [0.29, 0.717) is 0 Å². The van der Waals surface area contributed by atoms with Crippen molar-refractivity contribution < 1.29 is 4.42 Å². The molecule has 52 heavy (non-hydrogen) atoms. The fourth-order valence-electron chi connectivity index (χ4n) is 7.32. The van der Waals surface area contributed by atoms with Crippen molar-refractivity contribution in [1.29, 1.82) is 0 Å². The fourth-order valence-corrected chi connectivity index (χ4v) is 7.32. The predicted octanol–water partition coefficient (Wildman–Crippen LogP) is 13.7. The van der Waals surface area contributed by atoms with Crippen molar-refractivity contribution in [2.75, 3.05) is 4.90 Å². The van der Waals surface area contributed by atoms with Crippen LogP contribution in [0.25, 0.3) is 44.2 Å². The molecule has 0 aliphatic carbocycles. The average Bonchev–Trinajstić information content (AvgIpc) is 3.61. The van der Waals surface area contributed by atoms with Crippen LogP contribution in [-0.4, -0.2) is 0 Å². The van der Waals surface area contributed by atoms with Gasteiger partial charge in [0, 0.05) is 22.1 Å². The van der Waals surface area contributed by atoms with E-state index in [9.17, 15) is 0 Å². The van der Waals surface area contributed by atoms with E-state index in [0.717, 1.165) is 55.7 Å². The highest BCUT2D eigenvalue weighted by Crippen LogP contribution is 2.43. The zero-order valence-electron chi connectivity index (χ0n) is 28.6. The zero-order chi connectivity index (χ0) is 34.7. The number of hydrogen-bond donors (Lipinski definition) is 0. The van der Waals surface area contributed by atoms with E-state index in [-0.39, 0.29) is 0 Å². The first-order valence-corrected chi connectivity index (χ1v) is 17.7. The Morgan fingerprint density at radius 1 is 0.346 bits per heavy atom. The molecule has 246 valence electrons. The summed E-state index contributed by atoms with van der Waals surface area (Å²) in [5.74, 6) is 0. The van der Waals surface area contributed by atoms with Gasteiger partial charge in [-0.15, -0.1) is 0 Å². The van der Waals surface area contributed by atoms with E-state index < -0.39 is 0 Å². The molecule has 0 bridgehead atoms. The van der Waals surface area contributed by atoms with Crippen molar-refractivity contribution in [1.82, 2.24) is 0 Å². The lowest BCUT2D eigenvalue weighted by Gasteiger charge is -2.26. The quantitative estimate of drug-likeness (QED) is 0.150. The molecule has 0 saturated carbocycles.